The second-order valence-corrected chi connectivity index (χ2v) is 8.14. The number of amides is 1. The predicted octanol–water partition coefficient (Wildman–Crippen LogP) is 4.04. The SMILES string of the molecule is COc1ccc2c(C)c(CCC(=O)N3CCN(c4cccc(Cl)c4)CC3)c(=O)oc2c1. The summed E-state index contributed by atoms with van der Waals surface area (Å²) in [6.07, 6.45) is 0.647. The third-order valence-corrected chi connectivity index (χ3v) is 6.12. The van der Waals surface area contributed by atoms with Crippen LogP contribution in [0.3, 0.4) is 0 Å². The van der Waals surface area contributed by atoms with Crippen LogP contribution in [0.15, 0.2) is 51.7 Å². The van der Waals surface area contributed by atoms with Gasteiger partial charge in [-0.15, -0.1) is 0 Å². The lowest BCUT2D eigenvalue weighted by atomic mass is 10.0. The van der Waals surface area contributed by atoms with Crippen LogP contribution in [0.4, 0.5) is 5.69 Å². The van der Waals surface area contributed by atoms with Crippen molar-refractivity contribution in [3.63, 3.8) is 0 Å². The molecule has 0 unspecified atom stereocenters. The Hall–Kier alpha value is -2.99. The Bertz CT molecular complexity index is 1170. The molecular weight excluding hydrogens is 416 g/mol. The zero-order valence-corrected chi connectivity index (χ0v) is 18.4. The van der Waals surface area contributed by atoms with Crippen LogP contribution >= 0.6 is 11.6 Å². The second-order valence-electron chi connectivity index (χ2n) is 7.70. The monoisotopic (exact) mass is 440 g/mol. The van der Waals surface area contributed by atoms with E-state index >= 15 is 0 Å². The molecule has 1 aromatic heterocycles. The van der Waals surface area contributed by atoms with Crippen LogP contribution in [0.5, 0.6) is 5.75 Å². The number of piperazine rings is 1. The molecule has 3 aromatic rings. The van der Waals surface area contributed by atoms with Crippen LogP contribution in [-0.4, -0.2) is 44.1 Å². The molecule has 31 heavy (non-hydrogen) atoms. The fourth-order valence-electron chi connectivity index (χ4n) is 4.07. The Balaban J connectivity index is 1.40. The number of methoxy groups -OCH3 is 1. The van der Waals surface area contributed by atoms with E-state index in [0.29, 0.717) is 41.4 Å². The first kappa shape index (κ1) is 21.2. The molecule has 0 saturated carbocycles. The van der Waals surface area contributed by atoms with Gasteiger partial charge in [-0.2, -0.15) is 0 Å². The van der Waals surface area contributed by atoms with Crippen molar-refractivity contribution in [3.05, 3.63) is 69.0 Å². The molecule has 0 bridgehead atoms. The quantitative estimate of drug-likeness (QED) is 0.560. The van der Waals surface area contributed by atoms with Gasteiger partial charge in [0, 0.05) is 60.3 Å². The summed E-state index contributed by atoms with van der Waals surface area (Å²) in [5.74, 6) is 0.689. The van der Waals surface area contributed by atoms with Gasteiger partial charge in [0.15, 0.2) is 0 Å². The van der Waals surface area contributed by atoms with E-state index in [4.69, 9.17) is 20.8 Å². The average molecular weight is 441 g/mol. The summed E-state index contributed by atoms with van der Waals surface area (Å²) in [5.41, 5.74) is 2.59. The number of rotatable bonds is 5. The highest BCUT2D eigenvalue weighted by atomic mass is 35.5. The lowest BCUT2D eigenvalue weighted by Gasteiger charge is -2.36. The minimum absolute atomic E-state index is 0.0550. The van der Waals surface area contributed by atoms with Crippen molar-refractivity contribution in [2.75, 3.05) is 38.2 Å². The highest BCUT2D eigenvalue weighted by Crippen LogP contribution is 2.25. The van der Waals surface area contributed by atoms with Crippen LogP contribution in [0.25, 0.3) is 11.0 Å². The van der Waals surface area contributed by atoms with Crippen LogP contribution in [0, 0.1) is 6.92 Å². The van der Waals surface area contributed by atoms with Crippen molar-refractivity contribution in [1.82, 2.24) is 4.90 Å². The summed E-state index contributed by atoms with van der Waals surface area (Å²) >= 11 is 6.09. The first-order valence-electron chi connectivity index (χ1n) is 10.3. The van der Waals surface area contributed by atoms with Crippen LogP contribution in [0.1, 0.15) is 17.5 Å². The Morgan fingerprint density at radius 1 is 1.13 bits per heavy atom. The summed E-state index contributed by atoms with van der Waals surface area (Å²) in [6.45, 7) is 4.71. The average Bonchev–Trinajstić information content (AvgIpc) is 2.78. The molecule has 1 amide bonds. The maximum atomic E-state index is 12.8. The largest absolute Gasteiger partial charge is 0.497 e. The van der Waals surface area contributed by atoms with Crippen molar-refractivity contribution in [2.24, 2.45) is 0 Å². The van der Waals surface area contributed by atoms with E-state index in [1.807, 2.05) is 48.2 Å². The molecule has 1 aliphatic heterocycles. The van der Waals surface area contributed by atoms with Gasteiger partial charge in [0.2, 0.25) is 5.91 Å². The van der Waals surface area contributed by atoms with Crippen molar-refractivity contribution in [1.29, 1.82) is 0 Å². The van der Waals surface area contributed by atoms with Crippen LogP contribution in [0.2, 0.25) is 5.02 Å². The van der Waals surface area contributed by atoms with E-state index in [2.05, 4.69) is 4.90 Å². The molecule has 1 fully saturated rings. The Kier molecular flexibility index (Phi) is 6.18. The molecule has 6 nitrogen and oxygen atoms in total. The molecule has 7 heteroatoms. The van der Waals surface area contributed by atoms with E-state index < -0.39 is 5.63 Å². The van der Waals surface area contributed by atoms with Crippen molar-refractivity contribution >= 4 is 34.2 Å². The molecule has 0 N–H and O–H groups in total. The maximum absolute atomic E-state index is 12.8. The molecule has 1 saturated heterocycles. The molecule has 0 aliphatic carbocycles. The molecule has 0 atom stereocenters. The maximum Gasteiger partial charge on any atom is 0.339 e. The van der Waals surface area contributed by atoms with Gasteiger partial charge in [-0.25, -0.2) is 4.79 Å². The van der Waals surface area contributed by atoms with Gasteiger partial charge in [-0.1, -0.05) is 17.7 Å². The number of hydrogen-bond donors (Lipinski definition) is 0. The number of carbonyl (C=O) groups is 1. The predicted molar refractivity (Wildman–Crippen MR) is 122 cm³/mol. The van der Waals surface area contributed by atoms with Gasteiger partial charge >= 0.3 is 5.63 Å². The normalized spacial score (nSPS) is 14.2. The number of fused-ring (bicyclic) bond motifs is 1. The highest BCUT2D eigenvalue weighted by molar-refractivity contribution is 6.30. The number of carbonyl (C=O) groups excluding carboxylic acids is 1. The lowest BCUT2D eigenvalue weighted by Crippen LogP contribution is -2.48. The number of hydrogen-bond acceptors (Lipinski definition) is 5. The number of benzene rings is 2. The third kappa shape index (κ3) is 4.54. The standard InChI is InChI=1S/C24H25ClN2O4/c1-16-20-7-6-19(30-2)15-22(20)31-24(29)21(16)8-9-23(28)27-12-10-26(11-13-27)18-5-3-4-17(25)14-18/h3-7,14-15H,8-13H2,1-2H3. The van der Waals surface area contributed by atoms with Gasteiger partial charge in [0.1, 0.15) is 11.3 Å². The first-order valence-corrected chi connectivity index (χ1v) is 10.7. The van der Waals surface area contributed by atoms with Gasteiger partial charge in [-0.3, -0.25) is 4.79 Å². The number of halogens is 1. The van der Waals surface area contributed by atoms with Gasteiger partial charge in [0.25, 0.3) is 0 Å². The number of ether oxygens (including phenoxy) is 1. The molecule has 0 spiro atoms. The Morgan fingerprint density at radius 3 is 2.61 bits per heavy atom. The zero-order chi connectivity index (χ0) is 22.0. The van der Waals surface area contributed by atoms with Gasteiger partial charge in [-0.05, 0) is 49.2 Å². The molecule has 4 rings (SSSR count). The van der Waals surface area contributed by atoms with E-state index in [1.54, 1.807) is 13.2 Å². The molecule has 2 aromatic carbocycles. The minimum Gasteiger partial charge on any atom is -0.497 e. The fourth-order valence-corrected chi connectivity index (χ4v) is 4.25. The Morgan fingerprint density at radius 2 is 1.90 bits per heavy atom. The van der Waals surface area contributed by atoms with Gasteiger partial charge < -0.3 is 19.0 Å². The third-order valence-electron chi connectivity index (χ3n) is 5.89. The number of aryl methyl sites for hydroxylation is 1. The highest BCUT2D eigenvalue weighted by Gasteiger charge is 2.22. The second kappa shape index (κ2) is 9.02. The number of nitrogens with zero attached hydrogens (tertiary/aromatic N) is 2. The van der Waals surface area contributed by atoms with E-state index in [-0.39, 0.29) is 12.3 Å². The van der Waals surface area contributed by atoms with Crippen molar-refractivity contribution in [2.45, 2.75) is 19.8 Å². The molecular formula is C24H25ClN2O4. The molecule has 2 heterocycles. The molecule has 1 aliphatic rings. The number of anilines is 1. The summed E-state index contributed by atoms with van der Waals surface area (Å²) < 4.78 is 10.7. The minimum atomic E-state index is -0.392. The summed E-state index contributed by atoms with van der Waals surface area (Å²) in [7, 11) is 1.57. The summed E-state index contributed by atoms with van der Waals surface area (Å²) in [6, 6.07) is 13.2. The van der Waals surface area contributed by atoms with Crippen LogP contribution < -0.4 is 15.3 Å². The van der Waals surface area contributed by atoms with E-state index in [9.17, 15) is 9.59 Å². The van der Waals surface area contributed by atoms with Gasteiger partial charge in [0.05, 0.1) is 7.11 Å². The topological polar surface area (TPSA) is 63.0 Å². The zero-order valence-electron chi connectivity index (χ0n) is 17.7. The smallest absolute Gasteiger partial charge is 0.339 e. The molecule has 162 valence electrons. The van der Waals surface area contributed by atoms with E-state index in [1.165, 1.54) is 0 Å². The Labute approximate surface area is 186 Å². The van der Waals surface area contributed by atoms with Crippen molar-refractivity contribution in [3.8, 4) is 5.75 Å². The molecule has 0 radical (unpaired) electrons. The lowest BCUT2D eigenvalue weighted by molar-refractivity contribution is -0.131. The first-order chi connectivity index (χ1) is 15.0. The summed E-state index contributed by atoms with van der Waals surface area (Å²) in [4.78, 5) is 29.4. The van der Waals surface area contributed by atoms with Crippen LogP contribution in [-0.2, 0) is 11.2 Å². The van der Waals surface area contributed by atoms with Crippen molar-refractivity contribution < 1.29 is 13.9 Å². The summed E-state index contributed by atoms with van der Waals surface area (Å²) in [5, 5.41) is 1.57. The fraction of sp³-hybridized carbons (Fsp3) is 0.333. The van der Waals surface area contributed by atoms with E-state index in [0.717, 1.165) is 29.7 Å².